The van der Waals surface area contributed by atoms with Gasteiger partial charge in [0.05, 0.1) is 11.7 Å². The average molecular weight is 301 g/mol. The van der Waals surface area contributed by atoms with Crippen LogP contribution in [0.4, 0.5) is 5.82 Å². The smallest absolute Gasteiger partial charge is 0.237 e. The van der Waals surface area contributed by atoms with Crippen LogP contribution in [-0.2, 0) is 4.79 Å². The van der Waals surface area contributed by atoms with Crippen LogP contribution < -0.4 is 10.2 Å². The van der Waals surface area contributed by atoms with Gasteiger partial charge in [-0.1, -0.05) is 0 Å². The third-order valence-corrected chi connectivity index (χ3v) is 5.18. The zero-order valence-electron chi connectivity index (χ0n) is 13.0. The standard InChI is InChI=1S/C16H23N5O/c1-20(14-3-2-8-17-16(14)22)12-9-21(10-12)15-7-6-13(18-19-15)11-4-5-11/h6-7,11-12,14H,2-5,8-10H2,1H3,(H,17,22). The molecule has 0 bridgehead atoms. The molecular formula is C16H23N5O. The van der Waals surface area contributed by atoms with Crippen LogP contribution in [0.5, 0.6) is 0 Å². The van der Waals surface area contributed by atoms with Gasteiger partial charge < -0.3 is 10.2 Å². The van der Waals surface area contributed by atoms with Crippen molar-refractivity contribution in [1.29, 1.82) is 0 Å². The van der Waals surface area contributed by atoms with Crippen molar-refractivity contribution in [3.63, 3.8) is 0 Å². The Morgan fingerprint density at radius 1 is 1.23 bits per heavy atom. The quantitative estimate of drug-likeness (QED) is 0.889. The summed E-state index contributed by atoms with van der Waals surface area (Å²) < 4.78 is 0. The van der Waals surface area contributed by atoms with Gasteiger partial charge in [0.25, 0.3) is 0 Å². The minimum absolute atomic E-state index is 0.0317. The highest BCUT2D eigenvalue weighted by atomic mass is 16.2. The minimum Gasteiger partial charge on any atom is -0.355 e. The van der Waals surface area contributed by atoms with Crippen molar-refractivity contribution in [2.45, 2.75) is 43.7 Å². The number of aromatic nitrogens is 2. The van der Waals surface area contributed by atoms with Crippen LogP contribution in [0, 0.1) is 0 Å². The molecule has 1 atom stereocenters. The van der Waals surface area contributed by atoms with Crippen LogP contribution in [0.3, 0.4) is 0 Å². The van der Waals surface area contributed by atoms with Crippen molar-refractivity contribution in [3.05, 3.63) is 17.8 Å². The van der Waals surface area contributed by atoms with Crippen LogP contribution in [0.15, 0.2) is 12.1 Å². The van der Waals surface area contributed by atoms with E-state index in [0.29, 0.717) is 12.0 Å². The first kappa shape index (κ1) is 13.9. The number of piperidine rings is 1. The average Bonchev–Trinajstić information content (AvgIpc) is 3.31. The van der Waals surface area contributed by atoms with Crippen molar-refractivity contribution in [2.24, 2.45) is 0 Å². The minimum atomic E-state index is 0.0317. The van der Waals surface area contributed by atoms with E-state index in [2.05, 4.69) is 44.5 Å². The van der Waals surface area contributed by atoms with E-state index in [1.54, 1.807) is 0 Å². The van der Waals surface area contributed by atoms with Gasteiger partial charge in [-0.15, -0.1) is 5.10 Å². The van der Waals surface area contributed by atoms with Crippen molar-refractivity contribution < 1.29 is 4.79 Å². The monoisotopic (exact) mass is 301 g/mol. The predicted molar refractivity (Wildman–Crippen MR) is 83.8 cm³/mol. The van der Waals surface area contributed by atoms with E-state index in [9.17, 15) is 4.79 Å². The van der Waals surface area contributed by atoms with E-state index in [4.69, 9.17) is 0 Å². The van der Waals surface area contributed by atoms with Gasteiger partial charge in [0.15, 0.2) is 5.82 Å². The first-order valence-corrected chi connectivity index (χ1v) is 8.30. The lowest BCUT2D eigenvalue weighted by Crippen LogP contribution is -2.63. The zero-order valence-corrected chi connectivity index (χ0v) is 13.0. The summed E-state index contributed by atoms with van der Waals surface area (Å²) in [5.74, 6) is 1.80. The van der Waals surface area contributed by atoms with Crippen LogP contribution in [0.1, 0.15) is 37.3 Å². The molecule has 1 unspecified atom stereocenters. The molecule has 0 aromatic carbocycles. The summed E-state index contributed by atoms with van der Waals surface area (Å²) in [5, 5.41) is 11.7. The molecule has 3 aliphatic rings. The third kappa shape index (κ3) is 2.56. The second-order valence-corrected chi connectivity index (χ2v) is 6.76. The van der Waals surface area contributed by atoms with Crippen LogP contribution >= 0.6 is 0 Å². The lowest BCUT2D eigenvalue weighted by atomic mass is 10.00. The second-order valence-electron chi connectivity index (χ2n) is 6.76. The first-order chi connectivity index (χ1) is 10.7. The van der Waals surface area contributed by atoms with Gasteiger partial charge in [0, 0.05) is 31.6 Å². The van der Waals surface area contributed by atoms with Gasteiger partial charge in [0.2, 0.25) is 5.91 Å². The number of hydrogen-bond donors (Lipinski definition) is 1. The second kappa shape index (κ2) is 5.50. The maximum atomic E-state index is 12.0. The molecule has 6 nitrogen and oxygen atoms in total. The van der Waals surface area contributed by atoms with Crippen LogP contribution in [-0.4, -0.2) is 59.8 Å². The van der Waals surface area contributed by atoms with E-state index in [1.807, 2.05) is 0 Å². The maximum Gasteiger partial charge on any atom is 0.237 e. The fourth-order valence-electron chi connectivity index (χ4n) is 3.40. The SMILES string of the molecule is CN(C1CN(c2ccc(C3CC3)nn2)C1)C1CCCNC1=O. The van der Waals surface area contributed by atoms with E-state index in [1.165, 1.54) is 12.8 Å². The molecule has 1 aromatic heterocycles. The Morgan fingerprint density at radius 2 is 2.05 bits per heavy atom. The molecule has 2 aliphatic heterocycles. The molecule has 3 fully saturated rings. The molecule has 1 N–H and O–H groups in total. The molecular weight excluding hydrogens is 278 g/mol. The Kier molecular flexibility index (Phi) is 3.48. The number of amides is 1. The molecule has 4 rings (SSSR count). The molecule has 3 heterocycles. The summed E-state index contributed by atoms with van der Waals surface area (Å²) in [4.78, 5) is 16.4. The number of nitrogens with zero attached hydrogens (tertiary/aromatic N) is 4. The molecule has 22 heavy (non-hydrogen) atoms. The number of hydrogen-bond acceptors (Lipinski definition) is 5. The Balaban J connectivity index is 1.33. The summed E-state index contributed by atoms with van der Waals surface area (Å²) in [6.07, 6.45) is 4.56. The predicted octanol–water partition coefficient (Wildman–Crippen LogP) is 0.753. The fourth-order valence-corrected chi connectivity index (χ4v) is 3.40. The number of carbonyl (C=O) groups excluding carboxylic acids is 1. The summed E-state index contributed by atoms with van der Waals surface area (Å²) >= 11 is 0. The Hall–Kier alpha value is -1.69. The molecule has 2 saturated heterocycles. The number of carbonyl (C=O) groups is 1. The molecule has 1 saturated carbocycles. The van der Waals surface area contributed by atoms with Gasteiger partial charge in [-0.3, -0.25) is 9.69 Å². The van der Waals surface area contributed by atoms with Gasteiger partial charge in [0.1, 0.15) is 0 Å². The lowest BCUT2D eigenvalue weighted by molar-refractivity contribution is -0.128. The Labute approximate surface area is 130 Å². The number of anilines is 1. The molecule has 6 heteroatoms. The summed E-state index contributed by atoms with van der Waals surface area (Å²) in [5.41, 5.74) is 1.14. The highest BCUT2D eigenvalue weighted by Crippen LogP contribution is 2.38. The largest absolute Gasteiger partial charge is 0.355 e. The Morgan fingerprint density at radius 3 is 2.68 bits per heavy atom. The summed E-state index contributed by atoms with van der Waals surface area (Å²) in [6.45, 7) is 2.68. The summed E-state index contributed by atoms with van der Waals surface area (Å²) in [6, 6.07) is 4.67. The molecule has 1 amide bonds. The lowest BCUT2D eigenvalue weighted by Gasteiger charge is -2.47. The highest BCUT2D eigenvalue weighted by molar-refractivity contribution is 5.82. The van der Waals surface area contributed by atoms with E-state index in [0.717, 1.165) is 44.0 Å². The molecule has 0 radical (unpaired) electrons. The van der Waals surface area contributed by atoms with Gasteiger partial charge in [-0.05, 0) is 44.9 Å². The zero-order chi connectivity index (χ0) is 15.1. The van der Waals surface area contributed by atoms with E-state index >= 15 is 0 Å². The van der Waals surface area contributed by atoms with E-state index < -0.39 is 0 Å². The summed E-state index contributed by atoms with van der Waals surface area (Å²) in [7, 11) is 2.07. The maximum absolute atomic E-state index is 12.0. The van der Waals surface area contributed by atoms with Crippen molar-refractivity contribution in [2.75, 3.05) is 31.6 Å². The number of rotatable bonds is 4. The topological polar surface area (TPSA) is 61.4 Å². The first-order valence-electron chi connectivity index (χ1n) is 8.30. The molecule has 1 aliphatic carbocycles. The van der Waals surface area contributed by atoms with Crippen LogP contribution in [0.25, 0.3) is 0 Å². The molecule has 0 spiro atoms. The van der Waals surface area contributed by atoms with Crippen molar-refractivity contribution in [1.82, 2.24) is 20.4 Å². The van der Waals surface area contributed by atoms with E-state index in [-0.39, 0.29) is 11.9 Å². The van der Waals surface area contributed by atoms with Crippen molar-refractivity contribution in [3.8, 4) is 0 Å². The van der Waals surface area contributed by atoms with Gasteiger partial charge in [-0.2, -0.15) is 5.10 Å². The molecule has 1 aromatic rings. The molecule has 118 valence electrons. The fraction of sp³-hybridized carbons (Fsp3) is 0.688. The van der Waals surface area contributed by atoms with Gasteiger partial charge in [-0.25, -0.2) is 0 Å². The highest BCUT2D eigenvalue weighted by Gasteiger charge is 2.37. The normalized spacial score (nSPS) is 26.0. The number of nitrogens with one attached hydrogen (secondary N) is 1. The van der Waals surface area contributed by atoms with Gasteiger partial charge >= 0.3 is 0 Å². The number of likely N-dealkylation sites (N-methyl/N-ethyl adjacent to an activating group) is 1. The van der Waals surface area contributed by atoms with Crippen LogP contribution in [0.2, 0.25) is 0 Å². The Bertz CT molecular complexity index is 550. The van der Waals surface area contributed by atoms with Crippen molar-refractivity contribution >= 4 is 11.7 Å². The third-order valence-electron chi connectivity index (χ3n) is 5.18.